The van der Waals surface area contributed by atoms with E-state index in [1.165, 1.54) is 16.8 Å². The normalized spacial score (nSPS) is 13.3. The van der Waals surface area contributed by atoms with Crippen LogP contribution in [-0.2, 0) is 4.79 Å². The smallest absolute Gasteiger partial charge is 0.231 e. The lowest BCUT2D eigenvalue weighted by atomic mass is 9.90. The van der Waals surface area contributed by atoms with E-state index in [9.17, 15) is 14.4 Å². The van der Waals surface area contributed by atoms with E-state index < -0.39 is 5.54 Å². The fraction of sp³-hybridized carbons (Fsp3) is 0.375. The molecule has 9 heteroatoms. The summed E-state index contributed by atoms with van der Waals surface area (Å²) in [5.41, 5.74) is -0.322. The molecule has 132 valence electrons. The molecule has 1 atom stereocenters. The summed E-state index contributed by atoms with van der Waals surface area (Å²) in [6.07, 6.45) is 0. The van der Waals surface area contributed by atoms with Gasteiger partial charge in [0, 0.05) is 5.56 Å². The minimum Gasteiger partial charge on any atom is -0.337 e. The maximum atomic E-state index is 13.0. The van der Waals surface area contributed by atoms with E-state index in [4.69, 9.17) is 5.84 Å². The molecule has 0 saturated carbocycles. The first-order chi connectivity index (χ1) is 11.8. The number of hydrogen-bond donors (Lipinski definition) is 2. The zero-order valence-electron chi connectivity index (χ0n) is 14.2. The molecule has 0 radical (unpaired) electrons. The Morgan fingerprint density at radius 2 is 2.08 bits per heavy atom. The van der Waals surface area contributed by atoms with Gasteiger partial charge in [0.25, 0.3) is 0 Å². The molecule has 7 nitrogen and oxygen atoms in total. The Kier molecular flexibility index (Phi) is 5.64. The Labute approximate surface area is 149 Å². The van der Waals surface area contributed by atoms with Crippen molar-refractivity contribution in [2.75, 3.05) is 11.6 Å². The van der Waals surface area contributed by atoms with Crippen LogP contribution in [0.1, 0.15) is 20.8 Å². The number of rotatable bonds is 6. The number of nitrogens with one attached hydrogen (secondary N) is 1. The van der Waals surface area contributed by atoms with Gasteiger partial charge in [-0.25, -0.2) is 9.07 Å². The van der Waals surface area contributed by atoms with E-state index in [-0.39, 0.29) is 23.4 Å². The second-order valence-corrected chi connectivity index (χ2v) is 6.93. The van der Waals surface area contributed by atoms with Crippen LogP contribution in [0.25, 0.3) is 11.4 Å². The van der Waals surface area contributed by atoms with E-state index in [1.54, 1.807) is 19.1 Å². The number of hydrogen-bond acceptors (Lipinski definition) is 6. The minimum atomic E-state index is -0.937. The monoisotopic (exact) mass is 362 g/mol. The number of benzene rings is 1. The number of aromatic nitrogens is 3. The molecule has 0 aliphatic carbocycles. The number of thioether (sulfide) groups is 1. The third kappa shape index (κ3) is 4.28. The van der Waals surface area contributed by atoms with Crippen LogP contribution in [0.5, 0.6) is 0 Å². The van der Waals surface area contributed by atoms with Gasteiger partial charge < -0.3 is 11.2 Å². The molecule has 0 aliphatic heterocycles. The number of nitrogen functional groups attached to an aromatic ring is 1. The molecule has 2 aromatic rings. The Hall–Kier alpha value is -2.60. The minimum absolute atomic E-state index is 0.0327. The Morgan fingerprint density at radius 3 is 2.64 bits per heavy atom. The molecule has 1 amide bonds. The van der Waals surface area contributed by atoms with Gasteiger partial charge in [-0.1, -0.05) is 25.6 Å². The predicted octanol–water partition coefficient (Wildman–Crippen LogP) is 1.94. The number of carbonyl (C=O) groups excluding carboxylic acids is 1. The van der Waals surface area contributed by atoms with Crippen LogP contribution in [0.2, 0.25) is 0 Å². The molecule has 0 fully saturated rings. The van der Waals surface area contributed by atoms with Crippen molar-refractivity contribution in [1.82, 2.24) is 20.2 Å². The molecule has 0 aliphatic rings. The molecule has 1 aromatic heterocycles. The number of amides is 1. The quantitative estimate of drug-likeness (QED) is 0.600. The Morgan fingerprint density at radius 1 is 1.44 bits per heavy atom. The average molecular weight is 362 g/mol. The fourth-order valence-corrected chi connectivity index (χ4v) is 2.58. The van der Waals surface area contributed by atoms with Crippen molar-refractivity contribution >= 4 is 17.7 Å². The molecular formula is C16H19FN6OS. The zero-order chi connectivity index (χ0) is 18.6. The summed E-state index contributed by atoms with van der Waals surface area (Å²) in [5.74, 6) is 5.68. The molecule has 1 aromatic carbocycles. The van der Waals surface area contributed by atoms with E-state index in [2.05, 4.69) is 21.6 Å². The van der Waals surface area contributed by atoms with Crippen molar-refractivity contribution in [3.63, 3.8) is 0 Å². The van der Waals surface area contributed by atoms with Gasteiger partial charge in [0.15, 0.2) is 5.82 Å². The summed E-state index contributed by atoms with van der Waals surface area (Å²) in [4.78, 5) is 12.1. The highest BCUT2D eigenvalue weighted by molar-refractivity contribution is 7.99. The van der Waals surface area contributed by atoms with E-state index in [1.807, 2.05) is 13.8 Å². The largest absolute Gasteiger partial charge is 0.337 e. The van der Waals surface area contributed by atoms with Gasteiger partial charge in [0.05, 0.1) is 11.8 Å². The van der Waals surface area contributed by atoms with Crippen molar-refractivity contribution in [2.24, 2.45) is 5.92 Å². The molecule has 3 N–H and O–H groups in total. The van der Waals surface area contributed by atoms with Crippen molar-refractivity contribution in [1.29, 1.82) is 5.26 Å². The zero-order valence-corrected chi connectivity index (χ0v) is 15.0. The summed E-state index contributed by atoms with van der Waals surface area (Å²) >= 11 is 1.11. The molecular weight excluding hydrogens is 343 g/mol. The fourth-order valence-electron chi connectivity index (χ4n) is 1.93. The summed E-state index contributed by atoms with van der Waals surface area (Å²) in [7, 11) is 0. The maximum Gasteiger partial charge on any atom is 0.231 e. The first kappa shape index (κ1) is 18.7. The first-order valence-electron chi connectivity index (χ1n) is 7.58. The van der Waals surface area contributed by atoms with Gasteiger partial charge in [-0.15, -0.1) is 10.2 Å². The SMILES string of the molecule is CC(C)C(C)(C#N)NC(=O)CSc1nnc(-c2ccc(F)cc2)n1N. The van der Waals surface area contributed by atoms with Gasteiger partial charge in [0.2, 0.25) is 11.1 Å². The summed E-state index contributed by atoms with van der Waals surface area (Å²) < 4.78 is 14.2. The number of nitriles is 1. The van der Waals surface area contributed by atoms with E-state index in [0.717, 1.165) is 11.8 Å². The van der Waals surface area contributed by atoms with Gasteiger partial charge >= 0.3 is 0 Å². The highest BCUT2D eigenvalue weighted by Gasteiger charge is 2.30. The van der Waals surface area contributed by atoms with Crippen LogP contribution in [0.3, 0.4) is 0 Å². The second kappa shape index (κ2) is 7.53. The highest BCUT2D eigenvalue weighted by Crippen LogP contribution is 2.22. The molecule has 0 bridgehead atoms. The Bertz CT molecular complexity index is 798. The molecule has 0 spiro atoms. The van der Waals surface area contributed by atoms with E-state index >= 15 is 0 Å². The van der Waals surface area contributed by atoms with Crippen molar-refractivity contribution in [2.45, 2.75) is 31.5 Å². The van der Waals surface area contributed by atoms with Crippen molar-refractivity contribution in [3.05, 3.63) is 30.1 Å². The highest BCUT2D eigenvalue weighted by atomic mass is 32.2. The number of nitrogens with zero attached hydrogens (tertiary/aromatic N) is 4. The van der Waals surface area contributed by atoms with Crippen LogP contribution < -0.4 is 11.2 Å². The van der Waals surface area contributed by atoms with Crippen molar-refractivity contribution in [3.8, 4) is 17.5 Å². The van der Waals surface area contributed by atoms with Gasteiger partial charge in [-0.05, 0) is 37.1 Å². The van der Waals surface area contributed by atoms with Gasteiger partial charge in [-0.3, -0.25) is 4.79 Å². The lowest BCUT2D eigenvalue weighted by molar-refractivity contribution is -0.120. The lowest BCUT2D eigenvalue weighted by Gasteiger charge is -2.27. The van der Waals surface area contributed by atoms with Crippen LogP contribution in [0.15, 0.2) is 29.4 Å². The molecule has 0 saturated heterocycles. The summed E-state index contributed by atoms with van der Waals surface area (Å²) in [6, 6.07) is 7.82. The third-order valence-electron chi connectivity index (χ3n) is 3.89. The standard InChI is InChI=1S/C16H19FN6OS/c1-10(2)16(3,9-18)20-13(24)8-25-15-22-21-14(23(15)19)11-4-6-12(17)7-5-11/h4-7,10H,8,19H2,1-3H3,(H,20,24). The average Bonchev–Trinajstić information content (AvgIpc) is 2.94. The lowest BCUT2D eigenvalue weighted by Crippen LogP contribution is -2.49. The maximum absolute atomic E-state index is 13.0. The summed E-state index contributed by atoms with van der Waals surface area (Å²) in [6.45, 7) is 5.41. The van der Waals surface area contributed by atoms with Crippen molar-refractivity contribution < 1.29 is 9.18 Å². The second-order valence-electron chi connectivity index (χ2n) is 5.99. The molecule has 2 rings (SSSR count). The van der Waals surface area contributed by atoms with Gasteiger partial charge in [-0.2, -0.15) is 5.26 Å². The van der Waals surface area contributed by atoms with Gasteiger partial charge in [0.1, 0.15) is 11.4 Å². The number of nitrogens with two attached hydrogens (primary N) is 1. The van der Waals surface area contributed by atoms with Crippen LogP contribution >= 0.6 is 11.8 Å². The summed E-state index contributed by atoms with van der Waals surface area (Å²) in [5, 5.41) is 20.2. The predicted molar refractivity (Wildman–Crippen MR) is 93.3 cm³/mol. The molecule has 25 heavy (non-hydrogen) atoms. The molecule has 1 heterocycles. The van der Waals surface area contributed by atoms with E-state index in [0.29, 0.717) is 16.5 Å². The third-order valence-corrected chi connectivity index (χ3v) is 4.83. The van der Waals surface area contributed by atoms with Crippen LogP contribution in [0, 0.1) is 23.1 Å². The Balaban J connectivity index is 2.04. The topological polar surface area (TPSA) is 110 Å². The number of halogens is 1. The molecule has 1 unspecified atom stereocenters. The first-order valence-corrected chi connectivity index (χ1v) is 8.57. The van der Waals surface area contributed by atoms with Crippen LogP contribution in [0.4, 0.5) is 4.39 Å². The number of carbonyl (C=O) groups is 1. The van der Waals surface area contributed by atoms with Crippen LogP contribution in [-0.4, -0.2) is 32.1 Å².